The monoisotopic (exact) mass is 372 g/mol. The fourth-order valence-corrected chi connectivity index (χ4v) is 3.10. The van der Waals surface area contributed by atoms with E-state index in [0.717, 1.165) is 22.6 Å². The third-order valence-electron chi connectivity index (χ3n) is 4.36. The second-order valence-corrected chi connectivity index (χ2v) is 6.42. The SMILES string of the molecule is CCOc1ccc(N2C(=O)/C(=C\c3ccco3)N=C2c2cccc(C)c2)cc1. The molecule has 1 aromatic heterocycles. The molecule has 0 N–H and O–H groups in total. The number of hydrogen-bond acceptors (Lipinski definition) is 4. The molecule has 3 aromatic rings. The van der Waals surface area contributed by atoms with Gasteiger partial charge in [0.2, 0.25) is 0 Å². The highest BCUT2D eigenvalue weighted by atomic mass is 16.5. The summed E-state index contributed by atoms with van der Waals surface area (Å²) >= 11 is 0. The van der Waals surface area contributed by atoms with Crippen LogP contribution in [0.4, 0.5) is 5.69 Å². The lowest BCUT2D eigenvalue weighted by Crippen LogP contribution is -2.32. The van der Waals surface area contributed by atoms with Gasteiger partial charge in [-0.15, -0.1) is 0 Å². The van der Waals surface area contributed by atoms with E-state index in [4.69, 9.17) is 9.15 Å². The summed E-state index contributed by atoms with van der Waals surface area (Å²) < 4.78 is 10.9. The number of benzene rings is 2. The highest BCUT2D eigenvalue weighted by Crippen LogP contribution is 2.29. The van der Waals surface area contributed by atoms with Gasteiger partial charge in [0.25, 0.3) is 5.91 Å². The van der Waals surface area contributed by atoms with Crippen molar-refractivity contribution in [1.29, 1.82) is 0 Å². The molecule has 0 fully saturated rings. The molecular weight excluding hydrogens is 352 g/mol. The van der Waals surface area contributed by atoms with Gasteiger partial charge in [-0.3, -0.25) is 9.69 Å². The molecule has 1 amide bonds. The molecule has 0 aliphatic carbocycles. The topological polar surface area (TPSA) is 55.0 Å². The van der Waals surface area contributed by atoms with Gasteiger partial charge in [0.1, 0.15) is 23.0 Å². The second kappa shape index (κ2) is 7.56. The Balaban J connectivity index is 1.78. The molecule has 0 radical (unpaired) electrons. The Labute approximate surface area is 163 Å². The summed E-state index contributed by atoms with van der Waals surface area (Å²) in [5.74, 6) is 1.75. The van der Waals surface area contributed by atoms with Gasteiger partial charge in [-0.05, 0) is 56.3 Å². The van der Waals surface area contributed by atoms with Gasteiger partial charge in [-0.2, -0.15) is 0 Å². The maximum Gasteiger partial charge on any atom is 0.282 e. The molecule has 4 rings (SSSR count). The number of carbonyl (C=O) groups excluding carboxylic acids is 1. The van der Waals surface area contributed by atoms with Crippen LogP contribution < -0.4 is 9.64 Å². The fourth-order valence-electron chi connectivity index (χ4n) is 3.10. The smallest absolute Gasteiger partial charge is 0.282 e. The number of hydrogen-bond donors (Lipinski definition) is 0. The molecule has 2 heterocycles. The molecule has 5 nitrogen and oxygen atoms in total. The first-order valence-electron chi connectivity index (χ1n) is 9.14. The van der Waals surface area contributed by atoms with Crippen LogP contribution in [-0.2, 0) is 4.79 Å². The van der Waals surface area contributed by atoms with Crippen molar-refractivity contribution in [3.05, 3.63) is 89.5 Å². The number of nitrogens with zero attached hydrogens (tertiary/aromatic N) is 2. The van der Waals surface area contributed by atoms with Gasteiger partial charge in [-0.25, -0.2) is 4.99 Å². The Morgan fingerprint density at radius 2 is 1.93 bits per heavy atom. The van der Waals surface area contributed by atoms with Gasteiger partial charge in [0, 0.05) is 11.6 Å². The third-order valence-corrected chi connectivity index (χ3v) is 4.36. The summed E-state index contributed by atoms with van der Waals surface area (Å²) in [6, 6.07) is 19.0. The van der Waals surface area contributed by atoms with E-state index in [1.807, 2.05) is 62.4 Å². The van der Waals surface area contributed by atoms with Gasteiger partial charge in [0.15, 0.2) is 0 Å². The molecule has 0 bridgehead atoms. The van der Waals surface area contributed by atoms with E-state index in [-0.39, 0.29) is 5.91 Å². The fraction of sp³-hybridized carbons (Fsp3) is 0.130. The lowest BCUT2D eigenvalue weighted by atomic mass is 10.1. The van der Waals surface area contributed by atoms with Crippen molar-refractivity contribution >= 4 is 23.5 Å². The molecule has 0 saturated heterocycles. The predicted octanol–water partition coefficient (Wildman–Crippen LogP) is 4.82. The molecule has 5 heteroatoms. The number of rotatable bonds is 5. The Morgan fingerprint density at radius 1 is 1.11 bits per heavy atom. The number of aryl methyl sites for hydroxylation is 1. The van der Waals surface area contributed by atoms with Crippen molar-refractivity contribution in [2.75, 3.05) is 11.5 Å². The van der Waals surface area contributed by atoms with Crippen LogP contribution in [0.15, 0.2) is 82.0 Å². The highest BCUT2D eigenvalue weighted by Gasteiger charge is 2.32. The van der Waals surface area contributed by atoms with Crippen molar-refractivity contribution in [2.24, 2.45) is 4.99 Å². The van der Waals surface area contributed by atoms with Gasteiger partial charge in [0.05, 0.1) is 18.6 Å². The predicted molar refractivity (Wildman–Crippen MR) is 109 cm³/mol. The number of furan rings is 1. The zero-order valence-electron chi connectivity index (χ0n) is 15.8. The summed E-state index contributed by atoms with van der Waals surface area (Å²) in [7, 11) is 0. The lowest BCUT2D eigenvalue weighted by molar-refractivity contribution is -0.113. The number of amides is 1. The van der Waals surface area contributed by atoms with Crippen molar-refractivity contribution in [2.45, 2.75) is 13.8 Å². The Bertz CT molecular complexity index is 1050. The van der Waals surface area contributed by atoms with Crippen molar-refractivity contribution < 1.29 is 13.9 Å². The van der Waals surface area contributed by atoms with Gasteiger partial charge >= 0.3 is 0 Å². The molecule has 140 valence electrons. The zero-order chi connectivity index (χ0) is 19.5. The molecule has 0 atom stereocenters. The van der Waals surface area contributed by atoms with Crippen LogP contribution in [0.25, 0.3) is 6.08 Å². The van der Waals surface area contributed by atoms with E-state index in [9.17, 15) is 4.79 Å². The van der Waals surface area contributed by atoms with Gasteiger partial charge in [-0.1, -0.05) is 23.8 Å². The quantitative estimate of drug-likeness (QED) is 0.603. The largest absolute Gasteiger partial charge is 0.494 e. The van der Waals surface area contributed by atoms with Crippen LogP contribution in [-0.4, -0.2) is 18.3 Å². The second-order valence-electron chi connectivity index (χ2n) is 6.42. The average molecular weight is 372 g/mol. The number of amidine groups is 1. The normalized spacial score (nSPS) is 15.2. The molecular formula is C23H20N2O3. The van der Waals surface area contributed by atoms with Crippen LogP contribution in [0.1, 0.15) is 23.8 Å². The van der Waals surface area contributed by atoms with Crippen molar-refractivity contribution in [3.8, 4) is 5.75 Å². The maximum atomic E-state index is 13.2. The number of anilines is 1. The lowest BCUT2D eigenvalue weighted by Gasteiger charge is -2.19. The first kappa shape index (κ1) is 17.8. The van der Waals surface area contributed by atoms with E-state index in [0.29, 0.717) is 23.9 Å². The summed E-state index contributed by atoms with van der Waals surface area (Å²) in [6.07, 6.45) is 3.23. The Hall–Kier alpha value is -3.60. The molecule has 0 unspecified atom stereocenters. The van der Waals surface area contributed by atoms with E-state index < -0.39 is 0 Å². The Kier molecular flexibility index (Phi) is 4.81. The summed E-state index contributed by atoms with van der Waals surface area (Å²) in [6.45, 7) is 4.54. The minimum Gasteiger partial charge on any atom is -0.494 e. The molecule has 0 spiro atoms. The van der Waals surface area contributed by atoms with E-state index in [1.165, 1.54) is 0 Å². The van der Waals surface area contributed by atoms with Crippen LogP contribution in [0, 0.1) is 6.92 Å². The zero-order valence-corrected chi connectivity index (χ0v) is 15.8. The van der Waals surface area contributed by atoms with E-state index in [1.54, 1.807) is 29.4 Å². The number of ether oxygens (including phenoxy) is 1. The summed E-state index contributed by atoms with van der Waals surface area (Å²) in [5.41, 5.74) is 3.05. The minimum absolute atomic E-state index is 0.197. The molecule has 1 aliphatic heterocycles. The van der Waals surface area contributed by atoms with Crippen molar-refractivity contribution in [3.63, 3.8) is 0 Å². The summed E-state index contributed by atoms with van der Waals surface area (Å²) in [5, 5.41) is 0. The van der Waals surface area contributed by atoms with Crippen LogP contribution in [0.5, 0.6) is 5.75 Å². The van der Waals surface area contributed by atoms with Crippen LogP contribution in [0.2, 0.25) is 0 Å². The van der Waals surface area contributed by atoms with Crippen LogP contribution >= 0.6 is 0 Å². The average Bonchev–Trinajstić information content (AvgIpc) is 3.32. The van der Waals surface area contributed by atoms with E-state index in [2.05, 4.69) is 4.99 Å². The molecule has 28 heavy (non-hydrogen) atoms. The number of carbonyl (C=O) groups is 1. The Morgan fingerprint density at radius 3 is 2.61 bits per heavy atom. The van der Waals surface area contributed by atoms with Crippen LogP contribution in [0.3, 0.4) is 0 Å². The first-order chi connectivity index (χ1) is 13.7. The van der Waals surface area contributed by atoms with Gasteiger partial charge < -0.3 is 9.15 Å². The summed E-state index contributed by atoms with van der Waals surface area (Å²) in [4.78, 5) is 19.4. The molecule has 0 saturated carbocycles. The number of aliphatic imine (C=N–C) groups is 1. The van der Waals surface area contributed by atoms with Crippen molar-refractivity contribution in [1.82, 2.24) is 0 Å². The van der Waals surface area contributed by atoms with E-state index >= 15 is 0 Å². The maximum absolute atomic E-state index is 13.2. The molecule has 1 aliphatic rings. The minimum atomic E-state index is -0.197. The standard InChI is InChI=1S/C23H20N2O3/c1-3-27-19-11-9-18(10-12-19)25-22(17-7-4-6-16(2)14-17)24-21(23(25)26)15-20-8-5-13-28-20/h4-15H,3H2,1-2H3/b21-15+. The highest BCUT2D eigenvalue weighted by molar-refractivity contribution is 6.33. The molecule has 2 aromatic carbocycles. The third kappa shape index (κ3) is 3.47. The first-order valence-corrected chi connectivity index (χ1v) is 9.14.